The number of rotatable bonds is 2. The molecule has 3 N–H and O–H groups in total. The minimum absolute atomic E-state index is 0.0605. The highest BCUT2D eigenvalue weighted by Gasteiger charge is 2.16. The van der Waals surface area contributed by atoms with Crippen LogP contribution in [0.5, 0.6) is 0 Å². The third kappa shape index (κ3) is 2.16. The molecule has 0 aromatic carbocycles. The van der Waals surface area contributed by atoms with Crippen LogP contribution in [0.3, 0.4) is 0 Å². The molecule has 2 aromatic rings. The van der Waals surface area contributed by atoms with Crippen molar-refractivity contribution in [1.29, 1.82) is 0 Å². The molecule has 0 bridgehead atoms. The molecule has 0 saturated heterocycles. The first kappa shape index (κ1) is 10.6. The first-order valence-electron chi connectivity index (χ1n) is 4.18. The van der Waals surface area contributed by atoms with Gasteiger partial charge in [-0.1, -0.05) is 0 Å². The van der Waals surface area contributed by atoms with Crippen molar-refractivity contribution in [3.63, 3.8) is 0 Å². The largest absolute Gasteiger partial charge is 0.379 e. The zero-order valence-electron chi connectivity index (χ0n) is 7.85. The molecule has 2 heterocycles. The summed E-state index contributed by atoms with van der Waals surface area (Å²) in [6.07, 6.45) is 1.56. The van der Waals surface area contributed by atoms with Crippen molar-refractivity contribution >= 4 is 33.5 Å². The molecule has 0 unspecified atom stereocenters. The summed E-state index contributed by atoms with van der Waals surface area (Å²) in [5.41, 5.74) is 5.30. The van der Waals surface area contributed by atoms with E-state index in [0.717, 1.165) is 4.47 Å². The number of hydrogen-bond acceptors (Lipinski definition) is 6. The first-order chi connectivity index (χ1) is 7.66. The number of nitrogens with one attached hydrogen (secondary N) is 1. The van der Waals surface area contributed by atoms with E-state index in [0.29, 0.717) is 5.82 Å². The lowest BCUT2D eigenvalue weighted by Gasteiger charge is -2.01. The van der Waals surface area contributed by atoms with E-state index >= 15 is 0 Å². The standard InChI is InChI=1S/C8H6BrN5O2/c9-4-1-2-5(11-3-4)12-8(15)6-7(10)14-16-13-6/h1-3H,(H2,10,14)(H,11,12,15). The molecule has 82 valence electrons. The Balaban J connectivity index is 2.14. The van der Waals surface area contributed by atoms with Crippen molar-refractivity contribution in [3.05, 3.63) is 28.5 Å². The maximum Gasteiger partial charge on any atom is 0.282 e. The summed E-state index contributed by atoms with van der Waals surface area (Å²) >= 11 is 3.23. The average molecular weight is 284 g/mol. The Labute approximate surface area is 98.1 Å². The molecule has 7 nitrogen and oxygen atoms in total. The molecular weight excluding hydrogens is 278 g/mol. The average Bonchev–Trinajstić information content (AvgIpc) is 2.68. The highest BCUT2D eigenvalue weighted by atomic mass is 79.9. The van der Waals surface area contributed by atoms with Gasteiger partial charge in [0, 0.05) is 10.7 Å². The zero-order valence-corrected chi connectivity index (χ0v) is 9.43. The van der Waals surface area contributed by atoms with E-state index < -0.39 is 5.91 Å². The summed E-state index contributed by atoms with van der Waals surface area (Å²) in [5, 5.41) is 9.16. The molecule has 0 aliphatic rings. The number of nitrogens with zero attached hydrogens (tertiary/aromatic N) is 3. The number of halogens is 1. The molecule has 16 heavy (non-hydrogen) atoms. The monoisotopic (exact) mass is 283 g/mol. The van der Waals surface area contributed by atoms with E-state index in [1.54, 1.807) is 18.3 Å². The summed E-state index contributed by atoms with van der Waals surface area (Å²) in [6.45, 7) is 0. The third-order valence-corrected chi connectivity index (χ3v) is 2.17. The maximum absolute atomic E-state index is 11.6. The second-order valence-electron chi connectivity index (χ2n) is 2.81. The van der Waals surface area contributed by atoms with E-state index in [1.165, 1.54) is 0 Å². The predicted molar refractivity (Wildman–Crippen MR) is 58.6 cm³/mol. The number of aromatic nitrogens is 3. The fraction of sp³-hybridized carbons (Fsp3) is 0. The van der Waals surface area contributed by atoms with E-state index in [2.05, 4.69) is 41.2 Å². The van der Waals surface area contributed by atoms with Gasteiger partial charge in [-0.05, 0) is 38.4 Å². The lowest BCUT2D eigenvalue weighted by atomic mass is 10.4. The predicted octanol–water partition coefficient (Wildman–Crippen LogP) is 1.06. The van der Waals surface area contributed by atoms with Gasteiger partial charge < -0.3 is 11.1 Å². The molecule has 2 rings (SSSR count). The minimum Gasteiger partial charge on any atom is -0.379 e. The summed E-state index contributed by atoms with van der Waals surface area (Å²) in [7, 11) is 0. The van der Waals surface area contributed by atoms with Crippen molar-refractivity contribution in [2.75, 3.05) is 11.1 Å². The molecule has 0 saturated carbocycles. The van der Waals surface area contributed by atoms with Crippen LogP contribution in [-0.2, 0) is 0 Å². The number of carbonyl (C=O) groups is 1. The van der Waals surface area contributed by atoms with Crippen LogP contribution >= 0.6 is 15.9 Å². The Morgan fingerprint density at radius 1 is 1.44 bits per heavy atom. The smallest absolute Gasteiger partial charge is 0.282 e. The van der Waals surface area contributed by atoms with Crippen molar-refractivity contribution in [2.24, 2.45) is 0 Å². The van der Waals surface area contributed by atoms with Crippen LogP contribution in [0.25, 0.3) is 0 Å². The molecule has 0 aliphatic carbocycles. The Morgan fingerprint density at radius 2 is 2.25 bits per heavy atom. The molecule has 0 fully saturated rings. The third-order valence-electron chi connectivity index (χ3n) is 1.70. The zero-order chi connectivity index (χ0) is 11.5. The molecule has 0 radical (unpaired) electrons. The Hall–Kier alpha value is -1.96. The van der Waals surface area contributed by atoms with Crippen LogP contribution in [0.4, 0.5) is 11.6 Å². The second-order valence-corrected chi connectivity index (χ2v) is 3.73. The molecule has 8 heteroatoms. The molecule has 0 aliphatic heterocycles. The van der Waals surface area contributed by atoms with Gasteiger partial charge in [0.1, 0.15) is 5.82 Å². The van der Waals surface area contributed by atoms with Crippen LogP contribution in [0.2, 0.25) is 0 Å². The highest BCUT2D eigenvalue weighted by Crippen LogP contribution is 2.12. The van der Waals surface area contributed by atoms with Gasteiger partial charge in [0.05, 0.1) is 0 Å². The van der Waals surface area contributed by atoms with Crippen LogP contribution in [-0.4, -0.2) is 21.2 Å². The van der Waals surface area contributed by atoms with Crippen molar-refractivity contribution < 1.29 is 9.42 Å². The van der Waals surface area contributed by atoms with Crippen LogP contribution in [0.15, 0.2) is 27.4 Å². The quantitative estimate of drug-likeness (QED) is 0.853. The molecule has 0 atom stereocenters. The van der Waals surface area contributed by atoms with Gasteiger partial charge in [0.15, 0.2) is 0 Å². The van der Waals surface area contributed by atoms with Crippen molar-refractivity contribution in [1.82, 2.24) is 15.3 Å². The molecule has 0 spiro atoms. The number of carbonyl (C=O) groups excluding carboxylic acids is 1. The van der Waals surface area contributed by atoms with Gasteiger partial charge in [-0.15, -0.1) is 0 Å². The number of nitrogens with two attached hydrogens (primary N) is 1. The van der Waals surface area contributed by atoms with Crippen LogP contribution < -0.4 is 11.1 Å². The number of pyridine rings is 1. The Kier molecular flexibility index (Phi) is 2.82. The second kappa shape index (κ2) is 4.27. The summed E-state index contributed by atoms with van der Waals surface area (Å²) in [4.78, 5) is 15.5. The van der Waals surface area contributed by atoms with Gasteiger partial charge in [-0.2, -0.15) is 0 Å². The number of amides is 1. The lowest BCUT2D eigenvalue weighted by molar-refractivity contribution is 0.101. The van der Waals surface area contributed by atoms with Gasteiger partial charge in [0.25, 0.3) is 5.91 Å². The maximum atomic E-state index is 11.6. The SMILES string of the molecule is Nc1nonc1C(=O)Nc1ccc(Br)cn1. The topological polar surface area (TPSA) is 107 Å². The number of anilines is 2. The molecule has 1 amide bonds. The number of nitrogen functional groups attached to an aromatic ring is 1. The van der Waals surface area contributed by atoms with Gasteiger partial charge >= 0.3 is 0 Å². The fourth-order valence-electron chi connectivity index (χ4n) is 0.978. The molecular formula is C8H6BrN5O2. The van der Waals surface area contributed by atoms with E-state index in [-0.39, 0.29) is 11.5 Å². The highest BCUT2D eigenvalue weighted by molar-refractivity contribution is 9.10. The van der Waals surface area contributed by atoms with E-state index in [9.17, 15) is 4.79 Å². The fourth-order valence-corrected chi connectivity index (χ4v) is 1.21. The van der Waals surface area contributed by atoms with E-state index in [1.807, 2.05) is 0 Å². The van der Waals surface area contributed by atoms with Crippen LogP contribution in [0, 0.1) is 0 Å². The van der Waals surface area contributed by atoms with Crippen molar-refractivity contribution in [2.45, 2.75) is 0 Å². The first-order valence-corrected chi connectivity index (χ1v) is 4.97. The molecule has 2 aromatic heterocycles. The summed E-state index contributed by atoms with van der Waals surface area (Å²) < 4.78 is 5.12. The van der Waals surface area contributed by atoms with Crippen LogP contribution in [0.1, 0.15) is 10.5 Å². The van der Waals surface area contributed by atoms with Crippen molar-refractivity contribution in [3.8, 4) is 0 Å². The van der Waals surface area contributed by atoms with Gasteiger partial charge in [-0.3, -0.25) is 4.79 Å². The minimum atomic E-state index is -0.520. The van der Waals surface area contributed by atoms with Gasteiger partial charge in [0.2, 0.25) is 11.5 Å². The Morgan fingerprint density at radius 3 is 2.81 bits per heavy atom. The van der Waals surface area contributed by atoms with Gasteiger partial charge in [-0.25, -0.2) is 9.61 Å². The summed E-state index contributed by atoms with van der Waals surface area (Å²) in [6, 6.07) is 3.37. The lowest BCUT2D eigenvalue weighted by Crippen LogP contribution is -2.15. The normalized spacial score (nSPS) is 10.1. The van der Waals surface area contributed by atoms with E-state index in [4.69, 9.17) is 5.73 Å². The number of hydrogen-bond donors (Lipinski definition) is 2. The summed E-state index contributed by atoms with van der Waals surface area (Å²) in [5.74, 6) is -0.196. The Bertz CT molecular complexity index is 509.